The van der Waals surface area contributed by atoms with Crippen molar-refractivity contribution >= 4 is 33.0 Å². The van der Waals surface area contributed by atoms with E-state index in [1.54, 1.807) is 36.4 Å². The van der Waals surface area contributed by atoms with Gasteiger partial charge in [0.15, 0.2) is 5.65 Å². The third kappa shape index (κ3) is 6.86. The highest BCUT2D eigenvalue weighted by Crippen LogP contribution is 2.67. The van der Waals surface area contributed by atoms with Gasteiger partial charge >= 0.3 is 0 Å². The third-order valence-corrected chi connectivity index (χ3v) is 13.0. The molecule has 3 fully saturated rings. The standard InChI is InChI=1S/C42H49N7O5S/c1-25-10-8-11-26(2)35(25)33-17-34-46-40(45-33)47-55(51,52)31-13-9-12-28(16-31)39(50)49(30(24-54-34)21-42-18-27(19-42)20-42)23-29-22-43-36-32(14-15-53-7)37(41(3,4)5)48(6)38(36)44-29/h8-13,16-17,22,27,30H,14-15,18-21,23-24H2,1-7H3,(H,45,46,47)/t27?,30-,42?/m1/s1. The van der Waals surface area contributed by atoms with Crippen LogP contribution in [0.25, 0.3) is 22.4 Å². The fourth-order valence-electron chi connectivity index (χ4n) is 9.18. The van der Waals surface area contributed by atoms with E-state index in [4.69, 9.17) is 19.4 Å². The zero-order chi connectivity index (χ0) is 38.9. The van der Waals surface area contributed by atoms with Gasteiger partial charge in [0, 0.05) is 48.0 Å². The molecule has 0 unspecified atom stereocenters. The summed E-state index contributed by atoms with van der Waals surface area (Å²) in [6, 6.07) is 13.5. The average Bonchev–Trinajstić information content (AvgIpc) is 3.38. The number of sulfonamides is 1. The second kappa shape index (κ2) is 13.7. The minimum atomic E-state index is -4.19. The lowest BCUT2D eigenvalue weighted by atomic mass is 9.43. The van der Waals surface area contributed by atoms with Gasteiger partial charge < -0.3 is 18.9 Å². The van der Waals surface area contributed by atoms with Gasteiger partial charge in [0.05, 0.1) is 41.7 Å². The number of aryl methyl sites for hydroxylation is 3. The van der Waals surface area contributed by atoms with E-state index in [-0.39, 0.29) is 58.2 Å². The van der Waals surface area contributed by atoms with Gasteiger partial charge in [0.25, 0.3) is 15.9 Å². The molecule has 0 spiro atoms. The number of carbonyl (C=O) groups is 1. The normalized spacial score (nSPS) is 21.7. The van der Waals surface area contributed by atoms with E-state index in [1.807, 2.05) is 39.1 Å². The monoisotopic (exact) mass is 763 g/mol. The smallest absolute Gasteiger partial charge is 0.264 e. The fourth-order valence-corrected chi connectivity index (χ4v) is 10.2. The Morgan fingerprint density at radius 2 is 1.75 bits per heavy atom. The number of aromatic nitrogens is 5. The average molecular weight is 764 g/mol. The molecule has 3 aliphatic carbocycles. The molecule has 1 atom stereocenters. The van der Waals surface area contributed by atoms with Gasteiger partial charge in [-0.05, 0) is 86.6 Å². The number of anilines is 1. The predicted molar refractivity (Wildman–Crippen MR) is 211 cm³/mol. The van der Waals surface area contributed by atoms with Crippen molar-refractivity contribution in [2.24, 2.45) is 18.4 Å². The Labute approximate surface area is 322 Å². The topological polar surface area (TPSA) is 141 Å². The molecule has 3 saturated carbocycles. The number of rotatable bonds is 8. The molecule has 6 bridgehead atoms. The molecule has 1 amide bonds. The molecule has 288 valence electrons. The van der Waals surface area contributed by atoms with Crippen LogP contribution in [0.3, 0.4) is 0 Å². The maximum Gasteiger partial charge on any atom is 0.264 e. The second-order valence-corrected chi connectivity index (χ2v) is 18.5. The van der Waals surface area contributed by atoms with Gasteiger partial charge in [0.2, 0.25) is 11.8 Å². The van der Waals surface area contributed by atoms with Gasteiger partial charge in [-0.3, -0.25) is 9.78 Å². The van der Waals surface area contributed by atoms with Crippen LogP contribution in [0.15, 0.2) is 59.6 Å². The number of benzene rings is 2. The SMILES string of the molecule is COCCc1c(C(C)(C)C)n(C)c2nc(CN3C(=O)c4cccc(c4)S(=O)(=O)Nc4nc(cc(-c5c(C)cccc5C)n4)OC[C@H]3CC34CC(C3)C4)cnc12. The summed E-state index contributed by atoms with van der Waals surface area (Å²) in [6.45, 7) is 11.4. The maximum atomic E-state index is 14.8. The summed E-state index contributed by atoms with van der Waals surface area (Å²) in [5, 5.41) is 0. The first-order chi connectivity index (χ1) is 26.1. The minimum absolute atomic E-state index is 0.0691. The maximum absolute atomic E-state index is 14.8. The molecule has 2 aromatic carbocycles. The van der Waals surface area contributed by atoms with E-state index in [1.165, 1.54) is 12.1 Å². The molecule has 0 radical (unpaired) electrons. The lowest BCUT2D eigenvalue weighted by Gasteiger charge is -2.63. The van der Waals surface area contributed by atoms with Crippen LogP contribution in [0.5, 0.6) is 5.88 Å². The molecular formula is C42H49N7O5S. The summed E-state index contributed by atoms with van der Waals surface area (Å²) in [5.74, 6) is 0.543. The molecule has 1 N–H and O–H groups in total. The fraction of sp³-hybridized carbons (Fsp3) is 0.452. The number of ether oxygens (including phenoxy) is 2. The zero-order valence-electron chi connectivity index (χ0n) is 32.6. The van der Waals surface area contributed by atoms with Gasteiger partial charge in [0.1, 0.15) is 12.1 Å². The summed E-state index contributed by atoms with van der Waals surface area (Å²) in [6.07, 6.45) is 6.59. The summed E-state index contributed by atoms with van der Waals surface area (Å²) in [5.41, 5.74) is 8.04. The highest BCUT2D eigenvalue weighted by atomic mass is 32.2. The van der Waals surface area contributed by atoms with Crippen molar-refractivity contribution in [3.63, 3.8) is 0 Å². The van der Waals surface area contributed by atoms with Crippen LogP contribution < -0.4 is 9.46 Å². The molecule has 13 heteroatoms. The van der Waals surface area contributed by atoms with Gasteiger partial charge in [-0.1, -0.05) is 45.0 Å². The number of amides is 1. The molecule has 3 aromatic heterocycles. The van der Waals surface area contributed by atoms with Crippen LogP contribution >= 0.6 is 0 Å². The molecule has 4 heterocycles. The Bertz CT molecular complexity index is 2400. The van der Waals surface area contributed by atoms with Crippen molar-refractivity contribution in [1.29, 1.82) is 0 Å². The third-order valence-electron chi connectivity index (χ3n) is 11.6. The van der Waals surface area contributed by atoms with Gasteiger partial charge in [-0.2, -0.15) is 4.98 Å². The van der Waals surface area contributed by atoms with E-state index >= 15 is 0 Å². The number of carbonyl (C=O) groups excluding carboxylic acids is 1. The van der Waals surface area contributed by atoms with Crippen LogP contribution in [-0.2, 0) is 40.2 Å². The Morgan fingerprint density at radius 3 is 2.42 bits per heavy atom. The molecule has 9 rings (SSSR count). The van der Waals surface area contributed by atoms with Crippen LogP contribution in [0, 0.1) is 25.2 Å². The van der Waals surface area contributed by atoms with Crippen molar-refractivity contribution in [1.82, 2.24) is 29.4 Å². The van der Waals surface area contributed by atoms with Crippen LogP contribution in [0.2, 0.25) is 0 Å². The first-order valence-electron chi connectivity index (χ1n) is 19.0. The Hall–Kier alpha value is -4.88. The molecule has 12 nitrogen and oxygen atoms in total. The van der Waals surface area contributed by atoms with Crippen LogP contribution in [0.1, 0.15) is 84.9 Å². The first-order valence-corrected chi connectivity index (χ1v) is 20.5. The molecule has 5 aromatic rings. The van der Waals surface area contributed by atoms with Gasteiger partial charge in [-0.15, -0.1) is 0 Å². The van der Waals surface area contributed by atoms with Crippen molar-refractivity contribution < 1.29 is 22.7 Å². The number of nitrogens with zero attached hydrogens (tertiary/aromatic N) is 6. The van der Waals surface area contributed by atoms with Crippen LogP contribution in [-0.4, -0.2) is 70.1 Å². The number of fused-ring (bicyclic) bond motifs is 5. The van der Waals surface area contributed by atoms with E-state index in [9.17, 15) is 13.2 Å². The largest absolute Gasteiger partial charge is 0.475 e. The summed E-state index contributed by atoms with van der Waals surface area (Å²) >= 11 is 0. The lowest BCUT2D eigenvalue weighted by Crippen LogP contribution is -2.56. The number of hydrogen-bond donors (Lipinski definition) is 1. The van der Waals surface area contributed by atoms with E-state index in [2.05, 4.69) is 40.0 Å². The Balaban J connectivity index is 1.25. The summed E-state index contributed by atoms with van der Waals surface area (Å²) in [7, 11) is -0.477. The minimum Gasteiger partial charge on any atom is -0.475 e. The molecule has 0 saturated heterocycles. The zero-order valence-corrected chi connectivity index (χ0v) is 33.5. The van der Waals surface area contributed by atoms with Crippen LogP contribution in [0.4, 0.5) is 5.95 Å². The predicted octanol–water partition coefficient (Wildman–Crippen LogP) is 6.92. The van der Waals surface area contributed by atoms with Gasteiger partial charge in [-0.25, -0.2) is 23.1 Å². The van der Waals surface area contributed by atoms with E-state index < -0.39 is 10.0 Å². The quantitative estimate of drug-likeness (QED) is 0.178. The number of nitrogens with one attached hydrogen (secondary N) is 1. The summed E-state index contributed by atoms with van der Waals surface area (Å²) in [4.78, 5) is 35.9. The van der Waals surface area contributed by atoms with E-state index in [0.717, 1.165) is 70.7 Å². The second-order valence-electron chi connectivity index (χ2n) is 16.8. The Kier molecular flexibility index (Phi) is 9.23. The van der Waals surface area contributed by atoms with Crippen molar-refractivity contribution in [3.8, 4) is 17.1 Å². The first kappa shape index (κ1) is 37.1. The molecular weight excluding hydrogens is 715 g/mol. The highest BCUT2D eigenvalue weighted by molar-refractivity contribution is 7.92. The van der Waals surface area contributed by atoms with Crippen molar-refractivity contribution in [2.75, 3.05) is 25.0 Å². The highest BCUT2D eigenvalue weighted by Gasteiger charge is 2.57. The van der Waals surface area contributed by atoms with Crippen molar-refractivity contribution in [3.05, 3.63) is 88.4 Å². The lowest BCUT2D eigenvalue weighted by molar-refractivity contribution is -0.126. The number of hydrogen-bond acceptors (Lipinski definition) is 9. The van der Waals surface area contributed by atoms with Crippen molar-refractivity contribution in [2.45, 2.75) is 89.6 Å². The van der Waals surface area contributed by atoms with E-state index in [0.29, 0.717) is 24.4 Å². The molecule has 4 aliphatic rings. The molecule has 55 heavy (non-hydrogen) atoms. The number of methoxy groups -OCH3 is 1. The Morgan fingerprint density at radius 1 is 1.02 bits per heavy atom. The molecule has 1 aliphatic heterocycles. The summed E-state index contributed by atoms with van der Waals surface area (Å²) < 4.78 is 44.4.